The second-order valence-electron chi connectivity index (χ2n) is 7.89. The minimum absolute atomic E-state index is 0.0152. The first-order valence-electron chi connectivity index (χ1n) is 10.8. The molecule has 0 unspecified atom stereocenters. The minimum atomic E-state index is -2.98. The molecule has 2 heterocycles. The zero-order valence-electron chi connectivity index (χ0n) is 19.2. The number of aromatic amines is 1. The smallest absolute Gasteiger partial charge is 0.387 e. The minimum Gasteiger partial charge on any atom is -0.433 e. The topological polar surface area (TPSA) is 90.1 Å². The lowest BCUT2D eigenvalue weighted by Crippen LogP contribution is -2.21. The van der Waals surface area contributed by atoms with Crippen LogP contribution >= 0.6 is 0 Å². The molecule has 0 spiro atoms. The molecule has 0 saturated heterocycles. The molecule has 10 heteroatoms. The number of anilines is 4. The van der Waals surface area contributed by atoms with Crippen LogP contribution in [-0.4, -0.2) is 60.7 Å². The molecule has 0 bridgehead atoms. The number of likely N-dealkylation sites (N-methyl/N-ethyl adjacent to an activating group) is 1. The van der Waals surface area contributed by atoms with E-state index in [0.717, 1.165) is 28.7 Å². The van der Waals surface area contributed by atoms with E-state index >= 15 is 0 Å². The Kier molecular flexibility index (Phi) is 7.07. The van der Waals surface area contributed by atoms with Crippen molar-refractivity contribution in [3.05, 3.63) is 54.9 Å². The highest BCUT2D eigenvalue weighted by atomic mass is 19.3. The molecule has 4 rings (SSSR count). The largest absolute Gasteiger partial charge is 0.433 e. The molecule has 0 saturated carbocycles. The lowest BCUT2D eigenvalue weighted by molar-refractivity contribution is -0.0493. The van der Waals surface area contributed by atoms with Gasteiger partial charge in [0.05, 0.1) is 22.8 Å². The van der Waals surface area contributed by atoms with E-state index in [0.29, 0.717) is 23.6 Å². The molecule has 8 nitrogen and oxygen atoms in total. The molecule has 2 aromatic carbocycles. The first kappa shape index (κ1) is 23.2. The summed E-state index contributed by atoms with van der Waals surface area (Å²) in [7, 11) is 5.68. The molecule has 0 amide bonds. The molecule has 0 atom stereocenters. The first-order chi connectivity index (χ1) is 16.4. The van der Waals surface area contributed by atoms with E-state index in [1.807, 2.05) is 49.5 Å². The number of nitrogens with zero attached hydrogens (tertiary/aromatic N) is 3. The molecule has 0 fully saturated rings. The average Bonchev–Trinajstić information content (AvgIpc) is 3.24. The lowest BCUT2D eigenvalue weighted by atomic mass is 10.1. The van der Waals surface area contributed by atoms with Gasteiger partial charge in [-0.3, -0.25) is 0 Å². The van der Waals surface area contributed by atoms with Crippen LogP contribution in [0.4, 0.5) is 31.8 Å². The van der Waals surface area contributed by atoms with Crippen molar-refractivity contribution in [1.82, 2.24) is 19.9 Å². The molecule has 34 heavy (non-hydrogen) atoms. The van der Waals surface area contributed by atoms with Crippen LogP contribution in [0.5, 0.6) is 5.75 Å². The zero-order valence-corrected chi connectivity index (χ0v) is 19.2. The number of aromatic nitrogens is 3. The number of H-pyrrole nitrogens is 1. The van der Waals surface area contributed by atoms with Crippen molar-refractivity contribution >= 4 is 33.9 Å². The van der Waals surface area contributed by atoms with Crippen molar-refractivity contribution in [3.63, 3.8) is 0 Å². The van der Waals surface area contributed by atoms with Crippen molar-refractivity contribution in [2.75, 3.05) is 50.2 Å². The SMILES string of the molecule is CNc1cc(OC(F)F)c(Nc2nccc(-c3c[nH]c4ccccc34)n2)cc1NCCN(C)C. The maximum Gasteiger partial charge on any atom is 0.387 e. The van der Waals surface area contributed by atoms with Crippen molar-refractivity contribution in [2.24, 2.45) is 0 Å². The molecule has 2 aromatic heterocycles. The first-order valence-corrected chi connectivity index (χ1v) is 10.8. The molecular weight excluding hydrogens is 440 g/mol. The van der Waals surface area contributed by atoms with Crippen LogP contribution in [0.1, 0.15) is 0 Å². The number of benzene rings is 2. The summed E-state index contributed by atoms with van der Waals surface area (Å²) in [5, 5.41) is 10.4. The predicted molar refractivity (Wildman–Crippen MR) is 132 cm³/mol. The third kappa shape index (κ3) is 5.34. The number of alkyl halides is 2. The van der Waals surface area contributed by atoms with Gasteiger partial charge < -0.3 is 30.6 Å². The van der Waals surface area contributed by atoms with Gasteiger partial charge in [-0.1, -0.05) is 18.2 Å². The van der Waals surface area contributed by atoms with Crippen molar-refractivity contribution < 1.29 is 13.5 Å². The number of ether oxygens (including phenoxy) is 1. The molecule has 4 aromatic rings. The van der Waals surface area contributed by atoms with Gasteiger partial charge in [-0.2, -0.15) is 8.78 Å². The maximum absolute atomic E-state index is 13.1. The quantitative estimate of drug-likeness (QED) is 0.261. The number of nitrogens with one attached hydrogen (secondary N) is 4. The van der Waals surface area contributed by atoms with Gasteiger partial charge >= 0.3 is 6.61 Å². The summed E-state index contributed by atoms with van der Waals surface area (Å²) in [6.45, 7) is -1.50. The Bertz CT molecular complexity index is 1260. The fraction of sp³-hybridized carbons (Fsp3) is 0.250. The van der Waals surface area contributed by atoms with Gasteiger partial charge in [0.1, 0.15) is 0 Å². The number of rotatable bonds is 10. The Morgan fingerprint density at radius 2 is 1.91 bits per heavy atom. The van der Waals surface area contributed by atoms with Gasteiger partial charge in [-0.15, -0.1) is 0 Å². The van der Waals surface area contributed by atoms with Crippen LogP contribution < -0.4 is 20.7 Å². The number of halogens is 2. The van der Waals surface area contributed by atoms with Crippen LogP contribution in [0.2, 0.25) is 0 Å². The molecule has 0 radical (unpaired) electrons. The Hall–Kier alpha value is -3.92. The van der Waals surface area contributed by atoms with Crippen LogP contribution in [0.15, 0.2) is 54.9 Å². The lowest BCUT2D eigenvalue weighted by Gasteiger charge is -2.19. The molecule has 0 aliphatic carbocycles. The molecule has 4 N–H and O–H groups in total. The number of para-hydroxylation sites is 1. The Balaban J connectivity index is 1.67. The van der Waals surface area contributed by atoms with Crippen molar-refractivity contribution in [3.8, 4) is 17.0 Å². The van der Waals surface area contributed by atoms with Crippen molar-refractivity contribution in [1.29, 1.82) is 0 Å². The van der Waals surface area contributed by atoms with Gasteiger partial charge in [-0.25, -0.2) is 9.97 Å². The fourth-order valence-electron chi connectivity index (χ4n) is 3.61. The number of fused-ring (bicyclic) bond motifs is 1. The van der Waals surface area contributed by atoms with Crippen LogP contribution in [-0.2, 0) is 0 Å². The van der Waals surface area contributed by atoms with E-state index in [4.69, 9.17) is 4.74 Å². The fourth-order valence-corrected chi connectivity index (χ4v) is 3.61. The maximum atomic E-state index is 13.1. The standard InChI is InChI=1S/C24H27F2N7O/c1-27-19-13-22(34-23(25)26)21(12-20(19)28-10-11-33(2)3)32-24-29-9-8-18(31-24)16-14-30-17-7-5-4-6-15(16)17/h4-9,12-14,23,27-28,30H,10-11H2,1-3H3,(H,29,31,32). The summed E-state index contributed by atoms with van der Waals surface area (Å²) < 4.78 is 31.1. The predicted octanol–water partition coefficient (Wildman–Crippen LogP) is 4.99. The van der Waals surface area contributed by atoms with Gasteiger partial charge in [0.2, 0.25) is 5.95 Å². The summed E-state index contributed by atoms with van der Waals surface area (Å²) >= 11 is 0. The summed E-state index contributed by atoms with van der Waals surface area (Å²) in [6.07, 6.45) is 3.51. The van der Waals surface area contributed by atoms with Gasteiger partial charge in [0.25, 0.3) is 0 Å². The highest BCUT2D eigenvalue weighted by Gasteiger charge is 2.16. The number of hydrogen-bond acceptors (Lipinski definition) is 7. The van der Waals surface area contributed by atoms with Gasteiger partial charge in [0.15, 0.2) is 5.75 Å². The second-order valence-corrected chi connectivity index (χ2v) is 7.89. The monoisotopic (exact) mass is 467 g/mol. The Labute approximate surface area is 196 Å². The third-order valence-corrected chi connectivity index (χ3v) is 5.25. The van der Waals surface area contributed by atoms with E-state index in [-0.39, 0.29) is 11.7 Å². The van der Waals surface area contributed by atoms with E-state index in [9.17, 15) is 8.78 Å². The summed E-state index contributed by atoms with van der Waals surface area (Å²) in [5.74, 6) is 0.247. The third-order valence-electron chi connectivity index (χ3n) is 5.25. The average molecular weight is 468 g/mol. The number of hydrogen-bond donors (Lipinski definition) is 4. The molecule has 0 aliphatic heterocycles. The molecule has 178 valence electrons. The zero-order chi connectivity index (χ0) is 24.1. The van der Waals surface area contributed by atoms with E-state index in [1.54, 1.807) is 25.4 Å². The normalized spacial score (nSPS) is 11.3. The van der Waals surface area contributed by atoms with E-state index < -0.39 is 6.61 Å². The van der Waals surface area contributed by atoms with Gasteiger partial charge in [0, 0.05) is 55.1 Å². The van der Waals surface area contributed by atoms with Crippen LogP contribution in [0.25, 0.3) is 22.2 Å². The van der Waals surface area contributed by atoms with E-state index in [1.165, 1.54) is 6.07 Å². The van der Waals surface area contributed by atoms with Crippen LogP contribution in [0.3, 0.4) is 0 Å². The summed E-state index contributed by atoms with van der Waals surface area (Å²) in [6, 6.07) is 12.9. The molecule has 0 aliphatic rings. The summed E-state index contributed by atoms with van der Waals surface area (Å²) in [4.78, 5) is 14.2. The van der Waals surface area contributed by atoms with E-state index in [2.05, 4.69) is 30.9 Å². The summed E-state index contributed by atoms with van der Waals surface area (Å²) in [5.41, 5.74) is 4.30. The van der Waals surface area contributed by atoms with Crippen LogP contribution in [0, 0.1) is 0 Å². The Morgan fingerprint density at radius 1 is 1.09 bits per heavy atom. The van der Waals surface area contributed by atoms with Crippen molar-refractivity contribution in [2.45, 2.75) is 6.61 Å². The highest BCUT2D eigenvalue weighted by Crippen LogP contribution is 2.37. The molecular formula is C24H27F2N7O. The van der Waals surface area contributed by atoms with Gasteiger partial charge in [-0.05, 0) is 32.3 Å². The Morgan fingerprint density at radius 3 is 2.68 bits per heavy atom. The highest BCUT2D eigenvalue weighted by molar-refractivity contribution is 5.94. The second kappa shape index (κ2) is 10.3.